The van der Waals surface area contributed by atoms with Crippen LogP contribution in [0.25, 0.3) is 10.9 Å². The lowest BCUT2D eigenvalue weighted by Crippen LogP contribution is -2.24. The summed E-state index contributed by atoms with van der Waals surface area (Å²) in [5.41, 5.74) is 11.2. The lowest BCUT2D eigenvalue weighted by Gasteiger charge is -2.35. The van der Waals surface area contributed by atoms with Crippen molar-refractivity contribution in [3.63, 3.8) is 0 Å². The number of fused-ring (bicyclic) bond motifs is 5. The first-order valence-electron chi connectivity index (χ1n) is 7.17. The molecule has 0 fully saturated rings. The van der Waals surface area contributed by atoms with Gasteiger partial charge in [0.15, 0.2) is 0 Å². The highest BCUT2D eigenvalue weighted by molar-refractivity contribution is 5.93. The van der Waals surface area contributed by atoms with Crippen LogP contribution in [-0.4, -0.2) is 4.98 Å². The third-order valence-corrected chi connectivity index (χ3v) is 4.66. The van der Waals surface area contributed by atoms with E-state index in [1.807, 2.05) is 6.07 Å². The van der Waals surface area contributed by atoms with E-state index in [0.29, 0.717) is 28.4 Å². The van der Waals surface area contributed by atoms with E-state index < -0.39 is 0 Å². The van der Waals surface area contributed by atoms with E-state index in [4.69, 9.17) is 10.7 Å². The second kappa shape index (κ2) is 4.05. The van der Waals surface area contributed by atoms with E-state index in [2.05, 4.69) is 13.0 Å². The van der Waals surface area contributed by atoms with Crippen molar-refractivity contribution in [2.45, 2.75) is 32.1 Å². The SMILES string of the molecule is CC1=C[C@@H]2Cc3nc4cccc(F)c4c(N)c3[C@H](C1)C2. The third-order valence-electron chi connectivity index (χ3n) is 4.66. The van der Waals surface area contributed by atoms with Crippen molar-refractivity contribution in [1.82, 2.24) is 4.98 Å². The van der Waals surface area contributed by atoms with Crippen LogP contribution in [0, 0.1) is 11.7 Å². The summed E-state index contributed by atoms with van der Waals surface area (Å²) in [6, 6.07) is 5.01. The Labute approximate surface area is 117 Å². The zero-order valence-electron chi connectivity index (χ0n) is 11.5. The average molecular weight is 268 g/mol. The summed E-state index contributed by atoms with van der Waals surface area (Å²) in [7, 11) is 0. The van der Waals surface area contributed by atoms with Crippen LogP contribution in [-0.2, 0) is 6.42 Å². The van der Waals surface area contributed by atoms with Crippen LogP contribution in [0.15, 0.2) is 29.8 Å². The number of anilines is 1. The number of halogens is 1. The van der Waals surface area contributed by atoms with Crippen molar-refractivity contribution in [2.24, 2.45) is 5.92 Å². The van der Waals surface area contributed by atoms with E-state index in [1.165, 1.54) is 11.6 Å². The first-order valence-corrected chi connectivity index (χ1v) is 7.17. The normalized spacial score (nSPS) is 24.4. The number of allylic oxidation sites excluding steroid dienone is 2. The molecule has 2 bridgehead atoms. The van der Waals surface area contributed by atoms with Crippen molar-refractivity contribution in [2.75, 3.05) is 5.73 Å². The maximum absolute atomic E-state index is 14.1. The fourth-order valence-electron chi connectivity index (χ4n) is 3.97. The molecule has 1 heterocycles. The number of aromatic nitrogens is 1. The molecule has 2 aromatic rings. The number of nitrogen functional groups attached to an aromatic ring is 1. The van der Waals surface area contributed by atoms with Gasteiger partial charge >= 0.3 is 0 Å². The van der Waals surface area contributed by atoms with Crippen molar-refractivity contribution in [3.8, 4) is 0 Å². The monoisotopic (exact) mass is 268 g/mol. The summed E-state index contributed by atoms with van der Waals surface area (Å²) < 4.78 is 14.1. The Bertz CT molecular complexity index is 748. The van der Waals surface area contributed by atoms with Gasteiger partial charge in [-0.15, -0.1) is 0 Å². The summed E-state index contributed by atoms with van der Waals surface area (Å²) in [6.45, 7) is 2.18. The molecule has 0 amide bonds. The van der Waals surface area contributed by atoms with Gasteiger partial charge in [0.05, 0.1) is 10.9 Å². The van der Waals surface area contributed by atoms with Gasteiger partial charge in [-0.25, -0.2) is 4.39 Å². The number of nitrogens with zero attached hydrogens (tertiary/aromatic N) is 1. The molecule has 2 atom stereocenters. The first-order chi connectivity index (χ1) is 9.63. The van der Waals surface area contributed by atoms with Gasteiger partial charge in [0.25, 0.3) is 0 Å². The molecule has 2 aliphatic carbocycles. The Morgan fingerprint density at radius 3 is 3.00 bits per heavy atom. The molecule has 0 saturated carbocycles. The van der Waals surface area contributed by atoms with E-state index in [9.17, 15) is 4.39 Å². The Hall–Kier alpha value is -1.90. The van der Waals surface area contributed by atoms with Gasteiger partial charge in [-0.1, -0.05) is 17.7 Å². The van der Waals surface area contributed by atoms with Gasteiger partial charge in [0, 0.05) is 16.9 Å². The van der Waals surface area contributed by atoms with Gasteiger partial charge in [0.2, 0.25) is 0 Å². The second-order valence-electron chi connectivity index (χ2n) is 6.13. The molecule has 3 heteroatoms. The molecule has 1 aromatic carbocycles. The lowest BCUT2D eigenvalue weighted by molar-refractivity contribution is 0.433. The van der Waals surface area contributed by atoms with Crippen LogP contribution in [0.1, 0.15) is 36.9 Å². The Balaban J connectivity index is 2.01. The Morgan fingerprint density at radius 2 is 2.15 bits per heavy atom. The smallest absolute Gasteiger partial charge is 0.134 e. The van der Waals surface area contributed by atoms with Crippen molar-refractivity contribution >= 4 is 16.6 Å². The average Bonchev–Trinajstić information content (AvgIpc) is 2.37. The van der Waals surface area contributed by atoms with E-state index >= 15 is 0 Å². The van der Waals surface area contributed by atoms with E-state index in [1.54, 1.807) is 6.07 Å². The molecule has 0 spiro atoms. The highest BCUT2D eigenvalue weighted by Gasteiger charge is 2.33. The molecule has 20 heavy (non-hydrogen) atoms. The molecule has 102 valence electrons. The maximum Gasteiger partial charge on any atom is 0.134 e. The Morgan fingerprint density at radius 1 is 1.30 bits per heavy atom. The molecule has 1 aromatic heterocycles. The molecule has 2 aliphatic rings. The minimum atomic E-state index is -0.263. The fourth-order valence-corrected chi connectivity index (χ4v) is 3.97. The quantitative estimate of drug-likeness (QED) is 0.735. The summed E-state index contributed by atoms with van der Waals surface area (Å²) in [5.74, 6) is 0.713. The van der Waals surface area contributed by atoms with Crippen molar-refractivity contribution < 1.29 is 4.39 Å². The molecule has 0 saturated heterocycles. The highest BCUT2D eigenvalue weighted by atomic mass is 19.1. The standard InChI is InChI=1S/C17H17FN2/c1-9-5-10-7-11(6-9)15-14(8-10)20-13-4-2-3-12(18)16(13)17(15)19/h2-5,10-11H,6-8H2,1H3,(H2,19,20)/t10-,11+/m0/s1. The topological polar surface area (TPSA) is 38.9 Å². The van der Waals surface area contributed by atoms with Gasteiger partial charge < -0.3 is 5.73 Å². The van der Waals surface area contributed by atoms with Gasteiger partial charge in [-0.3, -0.25) is 4.98 Å². The summed E-state index contributed by atoms with van der Waals surface area (Å²) in [4.78, 5) is 4.70. The Kier molecular flexibility index (Phi) is 2.40. The summed E-state index contributed by atoms with van der Waals surface area (Å²) in [5, 5.41) is 0.497. The van der Waals surface area contributed by atoms with Crippen LogP contribution < -0.4 is 5.73 Å². The second-order valence-corrected chi connectivity index (χ2v) is 6.13. The summed E-state index contributed by atoms with van der Waals surface area (Å²) >= 11 is 0. The van der Waals surface area contributed by atoms with Gasteiger partial charge in [-0.05, 0) is 50.2 Å². The summed E-state index contributed by atoms with van der Waals surface area (Å²) in [6.07, 6.45) is 5.44. The lowest BCUT2D eigenvalue weighted by atomic mass is 9.71. The van der Waals surface area contributed by atoms with E-state index in [-0.39, 0.29) is 5.82 Å². The van der Waals surface area contributed by atoms with Crippen LogP contribution >= 0.6 is 0 Å². The minimum absolute atomic E-state index is 0.263. The maximum atomic E-state index is 14.1. The fraction of sp³-hybridized carbons (Fsp3) is 0.353. The first kappa shape index (κ1) is 11.9. The molecule has 2 nitrogen and oxygen atoms in total. The number of benzene rings is 1. The van der Waals surface area contributed by atoms with Gasteiger partial charge in [-0.2, -0.15) is 0 Å². The van der Waals surface area contributed by atoms with Gasteiger partial charge in [0.1, 0.15) is 5.82 Å². The minimum Gasteiger partial charge on any atom is -0.398 e. The number of hydrogen-bond acceptors (Lipinski definition) is 2. The van der Waals surface area contributed by atoms with Crippen molar-refractivity contribution in [1.29, 1.82) is 0 Å². The zero-order valence-corrected chi connectivity index (χ0v) is 11.5. The van der Waals surface area contributed by atoms with Crippen molar-refractivity contribution in [3.05, 3.63) is 46.9 Å². The molecule has 4 rings (SSSR count). The third kappa shape index (κ3) is 1.59. The van der Waals surface area contributed by atoms with Crippen LogP contribution in [0.5, 0.6) is 0 Å². The van der Waals surface area contributed by atoms with E-state index in [0.717, 1.165) is 30.5 Å². The molecular weight excluding hydrogens is 251 g/mol. The molecule has 0 radical (unpaired) electrons. The largest absolute Gasteiger partial charge is 0.398 e. The number of nitrogens with two attached hydrogens (primary N) is 1. The highest BCUT2D eigenvalue weighted by Crippen LogP contribution is 2.46. The molecule has 2 N–H and O–H groups in total. The van der Waals surface area contributed by atoms with Crippen LogP contribution in [0.2, 0.25) is 0 Å². The molecule has 0 aliphatic heterocycles. The predicted octanol–water partition coefficient (Wildman–Crippen LogP) is 3.95. The van der Waals surface area contributed by atoms with Crippen LogP contribution in [0.4, 0.5) is 10.1 Å². The zero-order chi connectivity index (χ0) is 13.9. The predicted molar refractivity (Wildman–Crippen MR) is 79.0 cm³/mol. The molecule has 0 unspecified atom stereocenters. The number of hydrogen-bond donors (Lipinski definition) is 1. The van der Waals surface area contributed by atoms with Crippen LogP contribution in [0.3, 0.4) is 0 Å². The molecular formula is C17H17FN2. The number of pyridine rings is 1. The number of rotatable bonds is 0.